The minimum Gasteiger partial charge on any atom is -0.481 e. The van der Waals surface area contributed by atoms with Crippen LogP contribution in [0.25, 0.3) is 0 Å². The van der Waals surface area contributed by atoms with Crippen LogP contribution in [-0.4, -0.2) is 22.6 Å². The summed E-state index contributed by atoms with van der Waals surface area (Å²) in [4.78, 5) is 18.1. The Balaban J connectivity index is 1.86. The maximum absolute atomic E-state index is 11.4. The summed E-state index contributed by atoms with van der Waals surface area (Å²) in [6.45, 7) is 3.29. The predicted molar refractivity (Wildman–Crippen MR) is 79.4 cm³/mol. The van der Waals surface area contributed by atoms with Gasteiger partial charge in [-0.05, 0) is 18.1 Å². The van der Waals surface area contributed by atoms with E-state index in [-0.39, 0.29) is 0 Å². The van der Waals surface area contributed by atoms with Gasteiger partial charge in [-0.3, -0.25) is 4.79 Å². The van der Waals surface area contributed by atoms with E-state index >= 15 is 0 Å². The average molecular weight is 288 g/mol. The van der Waals surface area contributed by atoms with Crippen molar-refractivity contribution < 1.29 is 9.90 Å². The normalized spacial score (nSPS) is 17.2. The third kappa shape index (κ3) is 2.29. The van der Waals surface area contributed by atoms with E-state index in [0.717, 1.165) is 28.4 Å². The van der Waals surface area contributed by atoms with Gasteiger partial charge in [0.15, 0.2) is 0 Å². The van der Waals surface area contributed by atoms with Crippen LogP contribution in [0.4, 0.5) is 5.69 Å². The number of anilines is 1. The zero-order chi connectivity index (χ0) is 14.1. The predicted octanol–water partition coefficient (Wildman–Crippen LogP) is 2.89. The van der Waals surface area contributed by atoms with Crippen LogP contribution < -0.4 is 4.90 Å². The van der Waals surface area contributed by atoms with E-state index in [1.165, 1.54) is 0 Å². The quantitative estimate of drug-likeness (QED) is 0.940. The smallest absolute Gasteiger partial charge is 0.312 e. The first kappa shape index (κ1) is 13.1. The number of nitrogens with zero attached hydrogens (tertiary/aromatic N) is 2. The Morgan fingerprint density at radius 1 is 1.50 bits per heavy atom. The largest absolute Gasteiger partial charge is 0.481 e. The molecule has 1 aromatic heterocycles. The molecule has 0 spiro atoms. The van der Waals surface area contributed by atoms with E-state index in [2.05, 4.69) is 22.2 Å². The molecule has 1 aliphatic heterocycles. The minimum absolute atomic E-state index is 0.435. The van der Waals surface area contributed by atoms with Crippen LogP contribution in [0.5, 0.6) is 0 Å². The van der Waals surface area contributed by atoms with E-state index in [1.807, 2.05) is 24.3 Å². The molecule has 0 radical (unpaired) electrons. The first-order chi connectivity index (χ1) is 9.69. The summed E-state index contributed by atoms with van der Waals surface area (Å²) >= 11 is 1.67. The highest BCUT2D eigenvalue weighted by molar-refractivity contribution is 7.09. The molecule has 2 aromatic rings. The molecule has 0 aliphatic carbocycles. The van der Waals surface area contributed by atoms with Crippen LogP contribution in [0.1, 0.15) is 29.1 Å². The fraction of sp³-hybridized carbons (Fsp3) is 0.333. The molecule has 0 amide bonds. The lowest BCUT2D eigenvalue weighted by Crippen LogP contribution is -2.24. The second kappa shape index (κ2) is 5.25. The number of carboxylic acids is 1. The summed E-state index contributed by atoms with van der Waals surface area (Å²) in [6.07, 6.45) is 0.943. The number of carboxylic acid groups (broad SMARTS) is 1. The molecule has 3 rings (SSSR count). The lowest BCUT2D eigenvalue weighted by molar-refractivity contribution is -0.138. The average Bonchev–Trinajstić information content (AvgIpc) is 3.04. The summed E-state index contributed by atoms with van der Waals surface area (Å²) in [5, 5.41) is 12.5. The third-order valence-corrected chi connectivity index (χ3v) is 4.65. The Morgan fingerprint density at radius 3 is 3.00 bits per heavy atom. The van der Waals surface area contributed by atoms with Gasteiger partial charge in [0.05, 0.1) is 17.2 Å². The number of benzene rings is 1. The Labute approximate surface area is 121 Å². The molecule has 1 aromatic carbocycles. The molecule has 0 fully saturated rings. The number of carbonyl (C=O) groups is 1. The summed E-state index contributed by atoms with van der Waals surface area (Å²) < 4.78 is 0. The highest BCUT2D eigenvalue weighted by atomic mass is 32.1. The van der Waals surface area contributed by atoms with Crippen molar-refractivity contribution in [1.29, 1.82) is 0 Å². The van der Waals surface area contributed by atoms with Crippen molar-refractivity contribution in [3.8, 4) is 0 Å². The summed E-state index contributed by atoms with van der Waals surface area (Å²) in [5.41, 5.74) is 2.95. The molecule has 1 atom stereocenters. The molecule has 0 saturated carbocycles. The summed E-state index contributed by atoms with van der Waals surface area (Å²) in [5.74, 6) is -1.19. The zero-order valence-corrected chi connectivity index (χ0v) is 12.1. The van der Waals surface area contributed by atoms with Crippen molar-refractivity contribution in [2.75, 3.05) is 11.4 Å². The van der Waals surface area contributed by atoms with E-state index in [9.17, 15) is 9.90 Å². The summed E-state index contributed by atoms with van der Waals surface area (Å²) in [7, 11) is 0. The Bertz CT molecular complexity index is 638. The molecule has 1 N–H and O–H groups in total. The third-order valence-electron chi connectivity index (χ3n) is 3.61. The van der Waals surface area contributed by atoms with Crippen molar-refractivity contribution in [1.82, 2.24) is 4.98 Å². The van der Waals surface area contributed by atoms with Crippen molar-refractivity contribution in [2.45, 2.75) is 25.8 Å². The van der Waals surface area contributed by atoms with Gasteiger partial charge in [0.1, 0.15) is 5.92 Å². The van der Waals surface area contributed by atoms with Gasteiger partial charge in [0, 0.05) is 17.6 Å². The van der Waals surface area contributed by atoms with Crippen molar-refractivity contribution in [3.05, 3.63) is 45.9 Å². The number of hydrogen-bond acceptors (Lipinski definition) is 4. The van der Waals surface area contributed by atoms with E-state index < -0.39 is 11.9 Å². The number of aliphatic carboxylic acids is 1. The first-order valence-electron chi connectivity index (χ1n) is 6.69. The van der Waals surface area contributed by atoms with Crippen LogP contribution in [-0.2, 0) is 17.8 Å². The van der Waals surface area contributed by atoms with Crippen LogP contribution in [0.2, 0.25) is 0 Å². The molecule has 1 unspecified atom stereocenters. The number of hydrogen-bond donors (Lipinski definition) is 1. The number of para-hydroxylation sites is 1. The second-order valence-corrected chi connectivity index (χ2v) is 5.86. The van der Waals surface area contributed by atoms with Gasteiger partial charge < -0.3 is 10.0 Å². The lowest BCUT2D eigenvalue weighted by atomic mass is 10.0. The summed E-state index contributed by atoms with van der Waals surface area (Å²) in [6, 6.07) is 7.75. The number of aromatic nitrogens is 1. The number of aryl methyl sites for hydroxylation is 1. The van der Waals surface area contributed by atoms with Crippen molar-refractivity contribution >= 4 is 23.0 Å². The van der Waals surface area contributed by atoms with E-state index in [1.54, 1.807) is 11.3 Å². The van der Waals surface area contributed by atoms with Gasteiger partial charge in [-0.2, -0.15) is 0 Å². The van der Waals surface area contributed by atoms with Crippen LogP contribution in [0.3, 0.4) is 0 Å². The fourth-order valence-corrected chi connectivity index (χ4v) is 3.36. The molecule has 2 heterocycles. The van der Waals surface area contributed by atoms with Crippen LogP contribution >= 0.6 is 11.3 Å². The monoisotopic (exact) mass is 288 g/mol. The van der Waals surface area contributed by atoms with Gasteiger partial charge in [-0.15, -0.1) is 11.3 Å². The Hall–Kier alpha value is -1.88. The van der Waals surface area contributed by atoms with E-state index in [0.29, 0.717) is 13.1 Å². The number of thiazole rings is 1. The molecule has 104 valence electrons. The minimum atomic E-state index is -0.757. The standard InChI is InChI=1S/C15H16N2O2S/c1-2-14-16-10(9-20-14)7-17-8-12(15(18)19)11-5-3-4-6-13(11)17/h3-6,9,12H,2,7-8H2,1H3,(H,18,19). The highest BCUT2D eigenvalue weighted by Crippen LogP contribution is 2.37. The maximum atomic E-state index is 11.4. The van der Waals surface area contributed by atoms with E-state index in [4.69, 9.17) is 0 Å². The van der Waals surface area contributed by atoms with Gasteiger partial charge in [-0.1, -0.05) is 25.1 Å². The molecule has 4 nitrogen and oxygen atoms in total. The number of rotatable bonds is 4. The van der Waals surface area contributed by atoms with Crippen molar-refractivity contribution in [3.63, 3.8) is 0 Å². The van der Waals surface area contributed by atoms with Crippen LogP contribution in [0.15, 0.2) is 29.6 Å². The Morgan fingerprint density at radius 2 is 2.30 bits per heavy atom. The first-order valence-corrected chi connectivity index (χ1v) is 7.57. The fourth-order valence-electron chi connectivity index (χ4n) is 2.63. The van der Waals surface area contributed by atoms with Gasteiger partial charge in [-0.25, -0.2) is 4.98 Å². The van der Waals surface area contributed by atoms with Gasteiger partial charge >= 0.3 is 5.97 Å². The molecule has 5 heteroatoms. The molecular weight excluding hydrogens is 272 g/mol. The van der Waals surface area contributed by atoms with Gasteiger partial charge in [0.25, 0.3) is 0 Å². The topological polar surface area (TPSA) is 53.4 Å². The maximum Gasteiger partial charge on any atom is 0.312 e. The van der Waals surface area contributed by atoms with Crippen LogP contribution in [0, 0.1) is 0 Å². The SMILES string of the molecule is CCc1nc(CN2CC(C(=O)O)c3ccccc32)cs1. The Kier molecular flexibility index (Phi) is 3.44. The number of fused-ring (bicyclic) bond motifs is 1. The van der Waals surface area contributed by atoms with Crippen molar-refractivity contribution in [2.24, 2.45) is 0 Å². The molecule has 0 bridgehead atoms. The molecular formula is C15H16N2O2S. The molecule has 1 aliphatic rings. The van der Waals surface area contributed by atoms with Gasteiger partial charge in [0.2, 0.25) is 0 Å². The highest BCUT2D eigenvalue weighted by Gasteiger charge is 2.33. The molecule has 20 heavy (non-hydrogen) atoms. The lowest BCUT2D eigenvalue weighted by Gasteiger charge is -2.18. The molecule has 0 saturated heterocycles. The zero-order valence-electron chi connectivity index (χ0n) is 11.2. The second-order valence-electron chi connectivity index (χ2n) is 4.92.